The summed E-state index contributed by atoms with van der Waals surface area (Å²) >= 11 is 0. The Morgan fingerprint density at radius 1 is 1.47 bits per heavy atom. The van der Waals surface area contributed by atoms with Crippen molar-refractivity contribution in [3.63, 3.8) is 0 Å². The molecule has 1 atom stereocenters. The van der Waals surface area contributed by atoms with E-state index in [0.717, 1.165) is 19.3 Å². The van der Waals surface area contributed by atoms with Gasteiger partial charge in [0, 0.05) is 13.3 Å². The molecule has 0 saturated heterocycles. The molecule has 4 heteroatoms. The van der Waals surface area contributed by atoms with Gasteiger partial charge in [-0.3, -0.25) is 4.79 Å². The summed E-state index contributed by atoms with van der Waals surface area (Å²) in [4.78, 5) is 24.0. The average Bonchev–Trinajstić information content (AvgIpc) is 2.78. The first-order valence-corrected chi connectivity index (χ1v) is 6.87. The molecule has 0 saturated carbocycles. The molecule has 104 valence electrons. The van der Waals surface area contributed by atoms with Gasteiger partial charge < -0.3 is 4.74 Å². The standard InChI is InChI=1S/C15H22NO3/c1-10-13(17)12(9-11-7-5-6-8-11)16(10)14(18)19-15(2,3)4/h7,12H,5-6,8-9H2,1-4H3/q+1. The topological polar surface area (TPSA) is 46.4 Å². The third-order valence-electron chi connectivity index (χ3n) is 3.51. The van der Waals surface area contributed by atoms with Crippen LogP contribution >= 0.6 is 0 Å². The molecule has 4 nitrogen and oxygen atoms in total. The lowest BCUT2D eigenvalue weighted by molar-refractivity contribution is -0.493. The molecular weight excluding hydrogens is 242 g/mol. The number of ether oxygens (including phenoxy) is 1. The van der Waals surface area contributed by atoms with Gasteiger partial charge >= 0.3 is 6.09 Å². The third kappa shape index (κ3) is 2.94. The quantitative estimate of drug-likeness (QED) is 0.569. The molecule has 0 radical (unpaired) electrons. The van der Waals surface area contributed by atoms with Crippen LogP contribution in [0.15, 0.2) is 11.6 Å². The van der Waals surface area contributed by atoms with E-state index in [1.165, 1.54) is 10.1 Å². The normalized spacial score (nSPS) is 23.3. The van der Waals surface area contributed by atoms with E-state index in [9.17, 15) is 9.59 Å². The molecule has 0 N–H and O–H groups in total. The number of carbonyl (C=O) groups excluding carboxylic acids is 2. The number of hydrogen-bond donors (Lipinski definition) is 0. The Hall–Kier alpha value is -1.45. The van der Waals surface area contributed by atoms with E-state index in [1.54, 1.807) is 6.92 Å². The van der Waals surface area contributed by atoms with Crippen LogP contribution in [0.4, 0.5) is 4.79 Å². The fourth-order valence-electron chi connectivity index (χ4n) is 2.58. The molecule has 1 heterocycles. The summed E-state index contributed by atoms with van der Waals surface area (Å²) < 4.78 is 6.86. The van der Waals surface area contributed by atoms with Gasteiger partial charge in [-0.2, -0.15) is 4.79 Å². The number of carbonyl (C=O) groups is 2. The van der Waals surface area contributed by atoms with Crippen LogP contribution in [0.25, 0.3) is 0 Å². The maximum absolute atomic E-state index is 12.1. The van der Waals surface area contributed by atoms with E-state index in [-0.39, 0.29) is 11.8 Å². The molecule has 0 aromatic rings. The van der Waals surface area contributed by atoms with Crippen LogP contribution in [0.5, 0.6) is 0 Å². The first-order chi connectivity index (χ1) is 8.79. The lowest BCUT2D eigenvalue weighted by Gasteiger charge is -2.24. The minimum Gasteiger partial charge on any atom is -0.406 e. The zero-order valence-corrected chi connectivity index (χ0v) is 12.2. The predicted octanol–water partition coefficient (Wildman–Crippen LogP) is 2.85. The molecule has 2 rings (SSSR count). The summed E-state index contributed by atoms with van der Waals surface area (Å²) in [6, 6.07) is -0.348. The number of nitrogens with zero attached hydrogens (tertiary/aromatic N) is 1. The van der Waals surface area contributed by atoms with E-state index in [1.807, 2.05) is 20.8 Å². The first kappa shape index (κ1) is 14.0. The summed E-state index contributed by atoms with van der Waals surface area (Å²) in [6.07, 6.45) is 5.74. The summed E-state index contributed by atoms with van der Waals surface area (Å²) in [7, 11) is 0. The van der Waals surface area contributed by atoms with E-state index >= 15 is 0 Å². The van der Waals surface area contributed by atoms with Crippen LogP contribution in [0.3, 0.4) is 0 Å². The molecule has 2 aliphatic rings. The number of allylic oxidation sites excluding steroid dienone is 1. The highest BCUT2D eigenvalue weighted by atomic mass is 16.6. The highest BCUT2D eigenvalue weighted by Gasteiger charge is 2.51. The minimum absolute atomic E-state index is 0.0682. The van der Waals surface area contributed by atoms with Gasteiger partial charge in [-0.1, -0.05) is 11.6 Å². The van der Waals surface area contributed by atoms with Gasteiger partial charge in [0.2, 0.25) is 11.8 Å². The molecule has 1 unspecified atom stereocenters. The predicted molar refractivity (Wildman–Crippen MR) is 72.5 cm³/mol. The highest BCUT2D eigenvalue weighted by molar-refractivity contribution is 6.42. The van der Waals surface area contributed by atoms with Crippen LogP contribution in [0, 0.1) is 0 Å². The van der Waals surface area contributed by atoms with E-state index in [2.05, 4.69) is 6.08 Å². The third-order valence-corrected chi connectivity index (χ3v) is 3.51. The van der Waals surface area contributed by atoms with Crippen molar-refractivity contribution in [2.24, 2.45) is 0 Å². The SMILES string of the molecule is CC1=[N+](C(=O)OC(C)(C)C)C(CC2=CCCC2)C1=O. The Kier molecular flexibility index (Phi) is 3.61. The number of Topliss-reactive ketones (excluding diaryl/α,β-unsaturated/α-hetero) is 1. The Morgan fingerprint density at radius 2 is 2.16 bits per heavy atom. The molecule has 1 aliphatic heterocycles. The average molecular weight is 264 g/mol. The number of amides is 1. The molecule has 0 spiro atoms. The van der Waals surface area contributed by atoms with Crippen LogP contribution < -0.4 is 0 Å². The van der Waals surface area contributed by atoms with Crippen molar-refractivity contribution in [2.75, 3.05) is 0 Å². The van der Waals surface area contributed by atoms with Crippen molar-refractivity contribution >= 4 is 17.6 Å². The fourth-order valence-corrected chi connectivity index (χ4v) is 2.58. The second-order valence-corrected chi connectivity index (χ2v) is 6.27. The smallest absolute Gasteiger partial charge is 0.406 e. The maximum atomic E-state index is 12.1. The molecule has 1 aliphatic carbocycles. The number of rotatable bonds is 2. The van der Waals surface area contributed by atoms with Crippen LogP contribution in [-0.2, 0) is 9.53 Å². The van der Waals surface area contributed by atoms with Crippen LogP contribution in [0.2, 0.25) is 0 Å². The van der Waals surface area contributed by atoms with Crippen molar-refractivity contribution in [2.45, 2.75) is 65.0 Å². The van der Waals surface area contributed by atoms with Crippen molar-refractivity contribution in [3.05, 3.63) is 11.6 Å². The van der Waals surface area contributed by atoms with Gasteiger partial charge in [0.05, 0.1) is 0 Å². The molecule has 0 fully saturated rings. The maximum Gasteiger partial charge on any atom is 0.597 e. The fraction of sp³-hybridized carbons (Fsp3) is 0.667. The molecule has 1 amide bonds. The Balaban J connectivity index is 2.09. The van der Waals surface area contributed by atoms with Gasteiger partial charge in [0.25, 0.3) is 5.78 Å². The van der Waals surface area contributed by atoms with Gasteiger partial charge in [-0.05, 0) is 40.0 Å². The van der Waals surface area contributed by atoms with Gasteiger partial charge in [0.15, 0.2) is 0 Å². The zero-order chi connectivity index (χ0) is 14.2. The van der Waals surface area contributed by atoms with Crippen molar-refractivity contribution in [1.29, 1.82) is 0 Å². The van der Waals surface area contributed by atoms with Crippen LogP contribution in [-0.4, -0.2) is 33.8 Å². The summed E-state index contributed by atoms with van der Waals surface area (Å²) in [5.74, 6) is 0.0682. The molecular formula is C15H22NO3+. The van der Waals surface area contributed by atoms with Crippen molar-refractivity contribution < 1.29 is 18.9 Å². The second-order valence-electron chi connectivity index (χ2n) is 6.27. The summed E-state index contributed by atoms with van der Waals surface area (Å²) in [6.45, 7) is 7.18. The van der Waals surface area contributed by atoms with E-state index < -0.39 is 11.7 Å². The monoisotopic (exact) mass is 264 g/mol. The lowest BCUT2D eigenvalue weighted by Crippen LogP contribution is -2.56. The molecule has 0 aromatic heterocycles. The molecule has 0 bridgehead atoms. The van der Waals surface area contributed by atoms with Crippen LogP contribution in [0.1, 0.15) is 53.4 Å². The molecule has 0 aromatic carbocycles. The van der Waals surface area contributed by atoms with Crippen molar-refractivity contribution in [1.82, 2.24) is 0 Å². The Labute approximate surface area is 114 Å². The minimum atomic E-state index is -0.535. The second kappa shape index (κ2) is 4.91. The van der Waals surface area contributed by atoms with Crippen molar-refractivity contribution in [3.8, 4) is 0 Å². The highest BCUT2D eigenvalue weighted by Crippen LogP contribution is 2.26. The zero-order valence-electron chi connectivity index (χ0n) is 12.2. The van der Waals surface area contributed by atoms with Gasteiger partial charge in [-0.15, -0.1) is 4.58 Å². The van der Waals surface area contributed by atoms with E-state index in [4.69, 9.17) is 4.74 Å². The lowest BCUT2D eigenvalue weighted by atomic mass is 9.93. The first-order valence-electron chi connectivity index (χ1n) is 6.87. The molecule has 19 heavy (non-hydrogen) atoms. The van der Waals surface area contributed by atoms with Gasteiger partial charge in [0.1, 0.15) is 5.60 Å². The number of hydrogen-bond acceptors (Lipinski definition) is 3. The Bertz CT molecular complexity index is 480. The number of ketones is 1. The largest absolute Gasteiger partial charge is 0.597 e. The van der Waals surface area contributed by atoms with E-state index in [0.29, 0.717) is 12.1 Å². The van der Waals surface area contributed by atoms with Gasteiger partial charge in [-0.25, -0.2) is 0 Å². The summed E-state index contributed by atoms with van der Waals surface area (Å²) in [5.41, 5.74) is 1.25. The Morgan fingerprint density at radius 3 is 2.68 bits per heavy atom. The summed E-state index contributed by atoms with van der Waals surface area (Å²) in [5, 5.41) is 0.